The standard InChI is InChI=1S/C14H14ClN3O/c15-6-12-16-14(17-19-12)13-10-7-18(8-11(10)13)9-4-2-1-3-5-9/h1-5,10-11,13H,6-8H2/t10-,11+,13-. The fourth-order valence-corrected chi connectivity index (χ4v) is 3.33. The van der Waals surface area contributed by atoms with E-state index in [1.807, 2.05) is 0 Å². The van der Waals surface area contributed by atoms with Crippen LogP contribution in [0.2, 0.25) is 0 Å². The molecule has 1 aromatic carbocycles. The van der Waals surface area contributed by atoms with Gasteiger partial charge < -0.3 is 9.42 Å². The van der Waals surface area contributed by atoms with Gasteiger partial charge in [0.15, 0.2) is 5.82 Å². The number of hydrogen-bond acceptors (Lipinski definition) is 4. The third-order valence-electron chi connectivity index (χ3n) is 4.21. The van der Waals surface area contributed by atoms with Crippen LogP contribution >= 0.6 is 11.6 Å². The van der Waals surface area contributed by atoms with E-state index in [-0.39, 0.29) is 0 Å². The van der Waals surface area contributed by atoms with Gasteiger partial charge in [0.1, 0.15) is 5.88 Å². The lowest BCUT2D eigenvalue weighted by atomic mass is 10.2. The third-order valence-corrected chi connectivity index (χ3v) is 4.44. The normalized spacial score (nSPS) is 28.5. The highest BCUT2D eigenvalue weighted by atomic mass is 35.5. The monoisotopic (exact) mass is 275 g/mol. The molecule has 19 heavy (non-hydrogen) atoms. The highest BCUT2D eigenvalue weighted by molar-refractivity contribution is 6.16. The molecule has 1 saturated heterocycles. The van der Waals surface area contributed by atoms with Gasteiger partial charge in [-0.2, -0.15) is 4.98 Å². The minimum atomic E-state index is 0.297. The number of rotatable bonds is 3. The summed E-state index contributed by atoms with van der Waals surface area (Å²) in [7, 11) is 0. The molecule has 2 heterocycles. The van der Waals surface area contributed by atoms with Gasteiger partial charge in [0, 0.05) is 24.7 Å². The fourth-order valence-electron chi connectivity index (χ4n) is 3.22. The molecule has 98 valence electrons. The molecule has 5 heteroatoms. The zero-order chi connectivity index (χ0) is 12.8. The van der Waals surface area contributed by atoms with Crippen LogP contribution in [-0.2, 0) is 5.88 Å². The van der Waals surface area contributed by atoms with Gasteiger partial charge in [0.2, 0.25) is 5.89 Å². The summed E-state index contributed by atoms with van der Waals surface area (Å²) in [6.45, 7) is 2.17. The van der Waals surface area contributed by atoms with Crippen molar-refractivity contribution in [1.82, 2.24) is 10.1 Å². The quantitative estimate of drug-likeness (QED) is 0.808. The SMILES string of the molecule is ClCc1nc([C@@H]2[C@@H]3CN(c4ccccc4)C[C@@H]32)no1. The second-order valence-corrected chi connectivity index (χ2v) is 5.54. The Kier molecular flexibility index (Phi) is 2.52. The van der Waals surface area contributed by atoms with Crippen molar-refractivity contribution in [1.29, 1.82) is 0 Å². The van der Waals surface area contributed by atoms with Crippen molar-refractivity contribution in [2.24, 2.45) is 11.8 Å². The van der Waals surface area contributed by atoms with Crippen molar-refractivity contribution < 1.29 is 4.52 Å². The molecule has 1 aliphatic heterocycles. The zero-order valence-corrected chi connectivity index (χ0v) is 11.1. The van der Waals surface area contributed by atoms with Crippen LogP contribution in [0.1, 0.15) is 17.6 Å². The van der Waals surface area contributed by atoms with E-state index in [1.54, 1.807) is 0 Å². The molecular formula is C14H14ClN3O. The van der Waals surface area contributed by atoms with Crippen LogP contribution in [0.5, 0.6) is 0 Å². The van der Waals surface area contributed by atoms with Crippen molar-refractivity contribution in [3.63, 3.8) is 0 Å². The van der Waals surface area contributed by atoms with Crippen LogP contribution in [0.25, 0.3) is 0 Å². The van der Waals surface area contributed by atoms with E-state index in [0.29, 0.717) is 29.5 Å². The van der Waals surface area contributed by atoms with E-state index in [1.165, 1.54) is 5.69 Å². The molecule has 0 spiro atoms. The van der Waals surface area contributed by atoms with E-state index in [4.69, 9.17) is 16.1 Å². The molecular weight excluding hydrogens is 262 g/mol. The first-order valence-electron chi connectivity index (χ1n) is 6.55. The van der Waals surface area contributed by atoms with Crippen LogP contribution in [0.3, 0.4) is 0 Å². The van der Waals surface area contributed by atoms with E-state index < -0.39 is 0 Å². The number of anilines is 1. The molecule has 0 bridgehead atoms. The van der Waals surface area contributed by atoms with Crippen molar-refractivity contribution in [2.45, 2.75) is 11.8 Å². The van der Waals surface area contributed by atoms with Crippen LogP contribution in [0.4, 0.5) is 5.69 Å². The topological polar surface area (TPSA) is 42.2 Å². The Bertz CT molecular complexity index is 573. The maximum Gasteiger partial charge on any atom is 0.241 e. The molecule has 2 aliphatic rings. The Labute approximate surface area is 116 Å². The van der Waals surface area contributed by atoms with Crippen LogP contribution in [-0.4, -0.2) is 23.2 Å². The highest BCUT2D eigenvalue weighted by Crippen LogP contribution is 2.57. The summed E-state index contributed by atoms with van der Waals surface area (Å²) < 4.78 is 5.09. The van der Waals surface area contributed by atoms with Crippen molar-refractivity contribution in [2.75, 3.05) is 18.0 Å². The number of nitrogens with zero attached hydrogens (tertiary/aromatic N) is 3. The lowest BCUT2D eigenvalue weighted by Crippen LogP contribution is -2.23. The molecule has 1 aromatic heterocycles. The van der Waals surface area contributed by atoms with E-state index >= 15 is 0 Å². The van der Waals surface area contributed by atoms with E-state index in [9.17, 15) is 0 Å². The van der Waals surface area contributed by atoms with Crippen LogP contribution < -0.4 is 4.90 Å². The molecule has 4 rings (SSSR count). The smallest absolute Gasteiger partial charge is 0.241 e. The Morgan fingerprint density at radius 3 is 2.58 bits per heavy atom. The van der Waals surface area contributed by atoms with Crippen LogP contribution in [0.15, 0.2) is 34.9 Å². The Morgan fingerprint density at radius 2 is 1.95 bits per heavy atom. The number of fused-ring (bicyclic) bond motifs is 1. The summed E-state index contributed by atoms with van der Waals surface area (Å²) in [6.07, 6.45) is 0. The van der Waals surface area contributed by atoms with Crippen LogP contribution in [0, 0.1) is 11.8 Å². The van der Waals surface area contributed by atoms with Gasteiger partial charge in [0.05, 0.1) is 0 Å². The molecule has 1 aliphatic carbocycles. The molecule has 2 aromatic rings. The van der Waals surface area contributed by atoms with E-state index in [2.05, 4.69) is 45.4 Å². The second-order valence-electron chi connectivity index (χ2n) is 5.27. The Hall–Kier alpha value is -1.55. The molecule has 1 saturated carbocycles. The number of aromatic nitrogens is 2. The van der Waals surface area contributed by atoms with Gasteiger partial charge >= 0.3 is 0 Å². The van der Waals surface area contributed by atoms with Gasteiger partial charge in [-0.15, -0.1) is 11.6 Å². The molecule has 0 amide bonds. The first-order chi connectivity index (χ1) is 9.36. The molecule has 2 fully saturated rings. The number of para-hydroxylation sites is 1. The predicted octanol–water partition coefficient (Wildman–Crippen LogP) is 2.66. The van der Waals surface area contributed by atoms with Gasteiger partial charge in [-0.1, -0.05) is 23.4 Å². The number of piperidine rings is 1. The lowest BCUT2D eigenvalue weighted by molar-refractivity contribution is 0.383. The average molecular weight is 276 g/mol. The largest absolute Gasteiger partial charge is 0.371 e. The summed E-state index contributed by atoms with van der Waals surface area (Å²) in [4.78, 5) is 6.78. The number of benzene rings is 1. The summed E-state index contributed by atoms with van der Waals surface area (Å²) >= 11 is 5.68. The van der Waals surface area contributed by atoms with Gasteiger partial charge in [-0.3, -0.25) is 0 Å². The molecule has 4 nitrogen and oxygen atoms in total. The highest BCUT2D eigenvalue weighted by Gasteiger charge is 2.58. The minimum Gasteiger partial charge on any atom is -0.371 e. The fraction of sp³-hybridized carbons (Fsp3) is 0.429. The first kappa shape index (κ1) is 11.3. The summed E-state index contributed by atoms with van der Waals surface area (Å²) in [5.74, 6) is 3.48. The summed E-state index contributed by atoms with van der Waals surface area (Å²) in [5.41, 5.74) is 1.31. The van der Waals surface area contributed by atoms with Gasteiger partial charge in [-0.25, -0.2) is 0 Å². The Morgan fingerprint density at radius 1 is 1.21 bits per heavy atom. The maximum atomic E-state index is 5.68. The van der Waals surface area contributed by atoms with Gasteiger partial charge in [0.25, 0.3) is 0 Å². The number of halogens is 1. The average Bonchev–Trinajstić information content (AvgIpc) is 2.89. The third kappa shape index (κ3) is 1.82. The number of hydrogen-bond donors (Lipinski definition) is 0. The second kappa shape index (κ2) is 4.23. The van der Waals surface area contributed by atoms with Gasteiger partial charge in [-0.05, 0) is 24.0 Å². The molecule has 0 radical (unpaired) electrons. The van der Waals surface area contributed by atoms with E-state index in [0.717, 1.165) is 18.9 Å². The molecule has 0 N–H and O–H groups in total. The van der Waals surface area contributed by atoms with Crippen molar-refractivity contribution >= 4 is 17.3 Å². The Balaban J connectivity index is 1.46. The van der Waals surface area contributed by atoms with Crippen molar-refractivity contribution in [3.8, 4) is 0 Å². The number of alkyl halides is 1. The lowest BCUT2D eigenvalue weighted by Gasteiger charge is -2.21. The predicted molar refractivity (Wildman–Crippen MR) is 72.2 cm³/mol. The summed E-state index contributed by atoms with van der Waals surface area (Å²) in [5, 5.41) is 4.04. The van der Waals surface area contributed by atoms with Crippen molar-refractivity contribution in [3.05, 3.63) is 42.0 Å². The minimum absolute atomic E-state index is 0.297. The zero-order valence-electron chi connectivity index (χ0n) is 10.4. The summed E-state index contributed by atoms with van der Waals surface area (Å²) in [6, 6.07) is 10.6. The molecule has 0 unspecified atom stereocenters. The first-order valence-corrected chi connectivity index (χ1v) is 7.08. The molecule has 3 atom stereocenters. The maximum absolute atomic E-state index is 5.68.